The SMILES string of the molecule is CCc1nc(C(=O)N(C)C(C)c2ccc(Cl)cc2)n[nH]1. The highest BCUT2D eigenvalue weighted by molar-refractivity contribution is 6.30. The molecule has 20 heavy (non-hydrogen) atoms. The molecule has 1 unspecified atom stereocenters. The molecule has 0 saturated heterocycles. The van der Waals surface area contributed by atoms with Gasteiger partial charge in [-0.1, -0.05) is 30.7 Å². The first-order valence-corrected chi connectivity index (χ1v) is 6.84. The summed E-state index contributed by atoms with van der Waals surface area (Å²) in [6.45, 7) is 3.91. The number of hydrogen-bond acceptors (Lipinski definition) is 3. The Morgan fingerprint density at radius 2 is 2.05 bits per heavy atom. The van der Waals surface area contributed by atoms with Crippen LogP contribution in [0.1, 0.15) is 41.9 Å². The molecule has 1 heterocycles. The quantitative estimate of drug-likeness (QED) is 0.942. The van der Waals surface area contributed by atoms with Crippen LogP contribution in [0.15, 0.2) is 24.3 Å². The van der Waals surface area contributed by atoms with Gasteiger partial charge in [0.05, 0.1) is 6.04 Å². The normalized spacial score (nSPS) is 12.2. The van der Waals surface area contributed by atoms with Crippen LogP contribution in [0.5, 0.6) is 0 Å². The first kappa shape index (κ1) is 14.5. The number of halogens is 1. The molecule has 0 saturated carbocycles. The van der Waals surface area contributed by atoms with Crippen molar-refractivity contribution in [2.75, 3.05) is 7.05 Å². The minimum Gasteiger partial charge on any atom is -0.332 e. The van der Waals surface area contributed by atoms with E-state index in [4.69, 9.17) is 11.6 Å². The molecule has 6 heteroatoms. The van der Waals surface area contributed by atoms with Gasteiger partial charge >= 0.3 is 0 Å². The van der Waals surface area contributed by atoms with Gasteiger partial charge in [0.15, 0.2) is 0 Å². The van der Waals surface area contributed by atoms with Gasteiger partial charge in [-0.3, -0.25) is 9.89 Å². The molecule has 0 aliphatic heterocycles. The van der Waals surface area contributed by atoms with Gasteiger partial charge in [-0.15, -0.1) is 5.10 Å². The first-order valence-electron chi connectivity index (χ1n) is 6.46. The summed E-state index contributed by atoms with van der Waals surface area (Å²) in [6.07, 6.45) is 0.719. The van der Waals surface area contributed by atoms with E-state index in [1.807, 2.05) is 38.1 Å². The van der Waals surface area contributed by atoms with Crippen molar-refractivity contribution in [2.24, 2.45) is 0 Å². The number of aromatic nitrogens is 3. The molecule has 0 aliphatic carbocycles. The number of nitrogens with zero attached hydrogens (tertiary/aromatic N) is 3. The van der Waals surface area contributed by atoms with Crippen LogP contribution in [0.4, 0.5) is 0 Å². The van der Waals surface area contributed by atoms with Gasteiger partial charge in [0, 0.05) is 18.5 Å². The van der Waals surface area contributed by atoms with Crippen molar-refractivity contribution in [2.45, 2.75) is 26.3 Å². The predicted octanol–water partition coefficient (Wildman–Crippen LogP) is 2.85. The highest BCUT2D eigenvalue weighted by Crippen LogP contribution is 2.21. The van der Waals surface area contributed by atoms with Crippen molar-refractivity contribution in [1.82, 2.24) is 20.1 Å². The number of H-pyrrole nitrogens is 1. The first-order chi connectivity index (χ1) is 9.52. The third-order valence-electron chi connectivity index (χ3n) is 3.31. The van der Waals surface area contributed by atoms with E-state index in [1.165, 1.54) is 0 Å². The smallest absolute Gasteiger partial charge is 0.293 e. The summed E-state index contributed by atoms with van der Waals surface area (Å²) >= 11 is 5.87. The van der Waals surface area contributed by atoms with Crippen molar-refractivity contribution in [3.8, 4) is 0 Å². The second-order valence-corrected chi connectivity index (χ2v) is 5.04. The van der Waals surface area contributed by atoms with Gasteiger partial charge in [0.25, 0.3) is 5.91 Å². The van der Waals surface area contributed by atoms with Crippen molar-refractivity contribution in [3.63, 3.8) is 0 Å². The van der Waals surface area contributed by atoms with Crippen LogP contribution in [0.2, 0.25) is 5.02 Å². The Kier molecular flexibility index (Phi) is 4.39. The molecule has 106 valence electrons. The fourth-order valence-electron chi connectivity index (χ4n) is 1.85. The van der Waals surface area contributed by atoms with Gasteiger partial charge < -0.3 is 4.90 Å². The molecule has 0 radical (unpaired) electrons. The molecule has 0 fully saturated rings. The summed E-state index contributed by atoms with van der Waals surface area (Å²) in [5.74, 6) is 0.703. The lowest BCUT2D eigenvalue weighted by molar-refractivity contribution is 0.0730. The topological polar surface area (TPSA) is 61.9 Å². The summed E-state index contributed by atoms with van der Waals surface area (Å²) in [5.41, 5.74) is 1.01. The number of hydrogen-bond donors (Lipinski definition) is 1. The Bertz CT molecular complexity index is 593. The zero-order valence-corrected chi connectivity index (χ0v) is 12.5. The monoisotopic (exact) mass is 292 g/mol. The molecular formula is C14H17ClN4O. The molecule has 1 aromatic heterocycles. The van der Waals surface area contributed by atoms with Crippen LogP contribution in [0.25, 0.3) is 0 Å². The third kappa shape index (κ3) is 2.99. The van der Waals surface area contributed by atoms with E-state index in [0.29, 0.717) is 10.8 Å². The highest BCUT2D eigenvalue weighted by Gasteiger charge is 2.22. The number of carbonyl (C=O) groups is 1. The maximum absolute atomic E-state index is 12.3. The van der Waals surface area contributed by atoms with Crippen molar-refractivity contribution in [1.29, 1.82) is 0 Å². The van der Waals surface area contributed by atoms with Crippen LogP contribution in [0.3, 0.4) is 0 Å². The number of carbonyl (C=O) groups excluding carboxylic acids is 1. The standard InChI is InChI=1S/C14H17ClN4O/c1-4-12-16-13(18-17-12)14(20)19(3)9(2)10-5-7-11(15)8-6-10/h5-9H,4H2,1-3H3,(H,16,17,18). The summed E-state index contributed by atoms with van der Waals surface area (Å²) in [5, 5.41) is 7.38. The van der Waals surface area contributed by atoms with Crippen molar-refractivity contribution < 1.29 is 4.79 Å². The Labute approximate surface area is 123 Å². The van der Waals surface area contributed by atoms with Crippen molar-refractivity contribution in [3.05, 3.63) is 46.5 Å². The second kappa shape index (κ2) is 6.05. The van der Waals surface area contributed by atoms with E-state index < -0.39 is 0 Å². The number of amides is 1. The average Bonchev–Trinajstić information content (AvgIpc) is 2.94. The number of nitrogens with one attached hydrogen (secondary N) is 1. The summed E-state index contributed by atoms with van der Waals surface area (Å²) in [6, 6.07) is 7.36. The molecule has 2 aromatic rings. The Hall–Kier alpha value is -1.88. The fourth-order valence-corrected chi connectivity index (χ4v) is 1.97. The Morgan fingerprint density at radius 1 is 1.40 bits per heavy atom. The van der Waals surface area contributed by atoms with Crippen LogP contribution in [-0.2, 0) is 6.42 Å². The zero-order chi connectivity index (χ0) is 14.7. The van der Waals surface area contributed by atoms with E-state index >= 15 is 0 Å². The minimum absolute atomic E-state index is 0.0802. The van der Waals surface area contributed by atoms with Gasteiger partial charge in [-0.2, -0.15) is 0 Å². The van der Waals surface area contributed by atoms with Crippen LogP contribution >= 0.6 is 11.6 Å². The number of aryl methyl sites for hydroxylation is 1. The summed E-state index contributed by atoms with van der Waals surface area (Å²) in [4.78, 5) is 18.1. The minimum atomic E-state index is -0.205. The van der Waals surface area contributed by atoms with Crippen molar-refractivity contribution >= 4 is 17.5 Å². The molecule has 0 bridgehead atoms. The Morgan fingerprint density at radius 3 is 2.60 bits per heavy atom. The van der Waals surface area contributed by atoms with Crippen LogP contribution in [-0.4, -0.2) is 33.0 Å². The zero-order valence-electron chi connectivity index (χ0n) is 11.7. The predicted molar refractivity (Wildman–Crippen MR) is 77.7 cm³/mol. The third-order valence-corrected chi connectivity index (χ3v) is 3.56. The average molecular weight is 293 g/mol. The van der Waals surface area contributed by atoms with E-state index in [2.05, 4.69) is 15.2 Å². The fraction of sp³-hybridized carbons (Fsp3) is 0.357. The molecule has 1 atom stereocenters. The molecule has 1 amide bonds. The second-order valence-electron chi connectivity index (χ2n) is 4.60. The Balaban J connectivity index is 2.15. The van der Waals surface area contributed by atoms with Gasteiger partial charge in [0.2, 0.25) is 5.82 Å². The lowest BCUT2D eigenvalue weighted by Crippen LogP contribution is -2.30. The molecule has 1 aromatic carbocycles. The summed E-state index contributed by atoms with van der Waals surface area (Å²) < 4.78 is 0. The number of aromatic amines is 1. The lowest BCUT2D eigenvalue weighted by atomic mass is 10.1. The maximum atomic E-state index is 12.3. The molecule has 0 spiro atoms. The highest BCUT2D eigenvalue weighted by atomic mass is 35.5. The molecule has 0 aliphatic rings. The molecule has 2 rings (SSSR count). The lowest BCUT2D eigenvalue weighted by Gasteiger charge is -2.24. The van der Waals surface area contributed by atoms with E-state index in [-0.39, 0.29) is 17.8 Å². The summed E-state index contributed by atoms with van der Waals surface area (Å²) in [7, 11) is 1.74. The van der Waals surface area contributed by atoms with Gasteiger partial charge in [0.1, 0.15) is 5.82 Å². The molecular weight excluding hydrogens is 276 g/mol. The van der Waals surface area contributed by atoms with Crippen LogP contribution in [0, 0.1) is 0 Å². The van der Waals surface area contributed by atoms with E-state index in [1.54, 1.807) is 11.9 Å². The number of benzene rings is 1. The van der Waals surface area contributed by atoms with Crippen LogP contribution < -0.4 is 0 Å². The molecule has 1 N–H and O–H groups in total. The largest absolute Gasteiger partial charge is 0.332 e. The maximum Gasteiger partial charge on any atom is 0.293 e. The van der Waals surface area contributed by atoms with E-state index in [9.17, 15) is 4.79 Å². The van der Waals surface area contributed by atoms with E-state index in [0.717, 1.165) is 12.0 Å². The molecule has 5 nitrogen and oxygen atoms in total. The van der Waals surface area contributed by atoms with Gasteiger partial charge in [-0.05, 0) is 24.6 Å². The number of rotatable bonds is 4. The van der Waals surface area contributed by atoms with Gasteiger partial charge in [-0.25, -0.2) is 4.98 Å².